The molecule has 0 radical (unpaired) electrons. The van der Waals surface area contributed by atoms with Gasteiger partial charge in [-0.3, -0.25) is 9.69 Å². The SMILES string of the molecule is O=C(NC/C=C/CN1CCN(c2cccc(Cl)c2Cl)CC1)c1cccc(F)c1. The first kappa shape index (κ1) is 20.6. The number of piperazine rings is 1. The molecule has 0 unspecified atom stereocenters. The number of hydrogen-bond donors (Lipinski definition) is 1. The number of anilines is 1. The van der Waals surface area contributed by atoms with E-state index in [1.165, 1.54) is 18.2 Å². The van der Waals surface area contributed by atoms with E-state index in [2.05, 4.69) is 15.1 Å². The van der Waals surface area contributed by atoms with Gasteiger partial charge >= 0.3 is 0 Å². The fourth-order valence-electron chi connectivity index (χ4n) is 3.10. The first-order valence-corrected chi connectivity index (χ1v) is 9.90. The van der Waals surface area contributed by atoms with Crippen LogP contribution in [0, 0.1) is 5.82 Å². The minimum atomic E-state index is -0.415. The molecule has 0 atom stereocenters. The molecule has 0 bridgehead atoms. The molecule has 1 fully saturated rings. The molecule has 1 N–H and O–H groups in total. The van der Waals surface area contributed by atoms with Crippen LogP contribution in [0.1, 0.15) is 10.4 Å². The summed E-state index contributed by atoms with van der Waals surface area (Å²) in [6, 6.07) is 11.4. The summed E-state index contributed by atoms with van der Waals surface area (Å²) in [5.41, 5.74) is 1.30. The highest BCUT2D eigenvalue weighted by Crippen LogP contribution is 2.32. The quantitative estimate of drug-likeness (QED) is 0.708. The number of nitrogens with one attached hydrogen (secondary N) is 1. The van der Waals surface area contributed by atoms with Crippen molar-refractivity contribution in [2.75, 3.05) is 44.2 Å². The maximum absolute atomic E-state index is 13.1. The third-order valence-electron chi connectivity index (χ3n) is 4.64. The van der Waals surface area contributed by atoms with Gasteiger partial charge < -0.3 is 10.2 Å². The van der Waals surface area contributed by atoms with Gasteiger partial charge in [0.15, 0.2) is 0 Å². The van der Waals surface area contributed by atoms with Crippen molar-refractivity contribution < 1.29 is 9.18 Å². The molecule has 0 aromatic heterocycles. The largest absolute Gasteiger partial charge is 0.368 e. The second-order valence-electron chi connectivity index (χ2n) is 6.55. The van der Waals surface area contributed by atoms with Crippen molar-refractivity contribution >= 4 is 34.8 Å². The third-order valence-corrected chi connectivity index (χ3v) is 5.45. The molecule has 28 heavy (non-hydrogen) atoms. The maximum Gasteiger partial charge on any atom is 0.251 e. The van der Waals surface area contributed by atoms with Crippen LogP contribution in [0.2, 0.25) is 10.0 Å². The molecule has 1 heterocycles. The summed E-state index contributed by atoms with van der Waals surface area (Å²) in [6.07, 6.45) is 3.95. The highest BCUT2D eigenvalue weighted by molar-refractivity contribution is 6.43. The van der Waals surface area contributed by atoms with Gasteiger partial charge in [0.1, 0.15) is 5.82 Å². The highest BCUT2D eigenvalue weighted by Gasteiger charge is 2.18. The van der Waals surface area contributed by atoms with Gasteiger partial charge in [-0.25, -0.2) is 4.39 Å². The van der Waals surface area contributed by atoms with Gasteiger partial charge in [0.05, 0.1) is 15.7 Å². The molecule has 1 aliphatic rings. The Labute approximate surface area is 174 Å². The second-order valence-corrected chi connectivity index (χ2v) is 7.34. The lowest BCUT2D eigenvalue weighted by Crippen LogP contribution is -2.46. The van der Waals surface area contributed by atoms with Crippen molar-refractivity contribution in [1.82, 2.24) is 10.2 Å². The molecular formula is C21H22Cl2FN3O. The van der Waals surface area contributed by atoms with Gasteiger partial charge in [-0.1, -0.05) is 47.5 Å². The van der Waals surface area contributed by atoms with E-state index >= 15 is 0 Å². The molecule has 7 heteroatoms. The van der Waals surface area contributed by atoms with Gasteiger partial charge in [-0.2, -0.15) is 0 Å². The summed E-state index contributed by atoms with van der Waals surface area (Å²) >= 11 is 12.4. The predicted octanol–water partition coefficient (Wildman–Crippen LogP) is 4.24. The summed E-state index contributed by atoms with van der Waals surface area (Å²) in [7, 11) is 0. The summed E-state index contributed by atoms with van der Waals surface area (Å²) < 4.78 is 13.1. The Morgan fingerprint density at radius 3 is 2.57 bits per heavy atom. The topological polar surface area (TPSA) is 35.6 Å². The van der Waals surface area contributed by atoms with E-state index in [-0.39, 0.29) is 5.91 Å². The zero-order valence-electron chi connectivity index (χ0n) is 15.4. The van der Waals surface area contributed by atoms with Gasteiger partial charge in [-0.15, -0.1) is 0 Å². The highest BCUT2D eigenvalue weighted by atomic mass is 35.5. The van der Waals surface area contributed by atoms with E-state index in [1.54, 1.807) is 12.1 Å². The first-order valence-electron chi connectivity index (χ1n) is 9.14. The molecule has 148 valence electrons. The number of benzene rings is 2. The normalized spacial score (nSPS) is 15.2. The number of amides is 1. The molecule has 1 aliphatic heterocycles. The Morgan fingerprint density at radius 2 is 1.82 bits per heavy atom. The van der Waals surface area contributed by atoms with Crippen molar-refractivity contribution in [1.29, 1.82) is 0 Å². The molecule has 0 saturated carbocycles. The van der Waals surface area contributed by atoms with Crippen LogP contribution < -0.4 is 10.2 Å². The Balaban J connectivity index is 1.39. The maximum atomic E-state index is 13.1. The van der Waals surface area contributed by atoms with Crippen molar-refractivity contribution in [3.05, 3.63) is 76.0 Å². The Bertz CT molecular complexity index is 851. The first-order chi connectivity index (χ1) is 13.5. The number of nitrogens with zero attached hydrogens (tertiary/aromatic N) is 2. The van der Waals surface area contributed by atoms with E-state index in [4.69, 9.17) is 23.2 Å². The monoisotopic (exact) mass is 421 g/mol. The minimum absolute atomic E-state index is 0.281. The van der Waals surface area contributed by atoms with Crippen LogP contribution in [0.4, 0.5) is 10.1 Å². The van der Waals surface area contributed by atoms with E-state index in [9.17, 15) is 9.18 Å². The van der Waals surface area contributed by atoms with E-state index in [0.29, 0.717) is 22.2 Å². The molecule has 1 saturated heterocycles. The van der Waals surface area contributed by atoms with Crippen molar-refractivity contribution in [2.24, 2.45) is 0 Å². The van der Waals surface area contributed by atoms with Crippen LogP contribution in [-0.2, 0) is 0 Å². The third kappa shape index (κ3) is 5.47. The Hall–Kier alpha value is -2.08. The molecule has 4 nitrogen and oxygen atoms in total. The number of carbonyl (C=O) groups is 1. The lowest BCUT2D eigenvalue weighted by atomic mass is 10.2. The Kier molecular flexibility index (Phi) is 7.31. The molecule has 1 amide bonds. The van der Waals surface area contributed by atoms with Crippen LogP contribution in [0.25, 0.3) is 0 Å². The number of hydrogen-bond acceptors (Lipinski definition) is 3. The summed E-state index contributed by atoms with van der Waals surface area (Å²) in [6.45, 7) is 4.82. The predicted molar refractivity (Wildman–Crippen MR) is 113 cm³/mol. The smallest absolute Gasteiger partial charge is 0.251 e. The fourth-order valence-corrected chi connectivity index (χ4v) is 3.51. The standard InChI is InChI=1S/C21H22Cl2FN3O/c22-18-7-4-8-19(20(18)23)27-13-11-26(12-14-27)10-2-1-9-25-21(28)16-5-3-6-17(24)15-16/h1-8,15H,9-14H2,(H,25,28)/b2-1+. The van der Waals surface area contributed by atoms with Crippen molar-refractivity contribution in [2.45, 2.75) is 0 Å². The minimum Gasteiger partial charge on any atom is -0.368 e. The molecular weight excluding hydrogens is 400 g/mol. The average Bonchev–Trinajstić information content (AvgIpc) is 2.70. The lowest BCUT2D eigenvalue weighted by molar-refractivity contribution is 0.0957. The molecule has 2 aromatic rings. The van der Waals surface area contributed by atoms with Crippen molar-refractivity contribution in [3.8, 4) is 0 Å². The molecule has 3 rings (SSSR count). The fraction of sp³-hybridized carbons (Fsp3) is 0.286. The van der Waals surface area contributed by atoms with Gasteiger partial charge in [-0.05, 0) is 30.3 Å². The van der Waals surface area contributed by atoms with Crippen molar-refractivity contribution in [3.63, 3.8) is 0 Å². The second kappa shape index (κ2) is 9.92. The zero-order valence-corrected chi connectivity index (χ0v) is 16.9. The molecule has 2 aromatic carbocycles. The number of carbonyl (C=O) groups excluding carboxylic acids is 1. The summed E-state index contributed by atoms with van der Waals surface area (Å²) in [5.74, 6) is -0.697. The van der Waals surface area contributed by atoms with Gasteiger partial charge in [0.2, 0.25) is 0 Å². The van der Waals surface area contributed by atoms with Crippen LogP contribution >= 0.6 is 23.2 Å². The van der Waals surface area contributed by atoms with E-state index < -0.39 is 5.82 Å². The van der Waals surface area contributed by atoms with Crippen LogP contribution in [0.5, 0.6) is 0 Å². The van der Waals surface area contributed by atoms with Crippen LogP contribution in [0.15, 0.2) is 54.6 Å². The van der Waals surface area contributed by atoms with E-state index in [1.807, 2.05) is 24.3 Å². The number of halogens is 3. The lowest BCUT2D eigenvalue weighted by Gasteiger charge is -2.36. The van der Waals surface area contributed by atoms with Crippen LogP contribution in [-0.4, -0.2) is 50.1 Å². The number of rotatable bonds is 6. The van der Waals surface area contributed by atoms with Gasteiger partial charge in [0.25, 0.3) is 5.91 Å². The van der Waals surface area contributed by atoms with Gasteiger partial charge in [0, 0.05) is 44.8 Å². The zero-order chi connectivity index (χ0) is 19.9. The van der Waals surface area contributed by atoms with E-state index in [0.717, 1.165) is 38.4 Å². The molecule has 0 spiro atoms. The summed E-state index contributed by atoms with van der Waals surface area (Å²) in [4.78, 5) is 16.5. The van der Waals surface area contributed by atoms with Crippen LogP contribution in [0.3, 0.4) is 0 Å². The molecule has 0 aliphatic carbocycles. The average molecular weight is 422 g/mol. The Morgan fingerprint density at radius 1 is 1.07 bits per heavy atom. The summed E-state index contributed by atoms with van der Waals surface area (Å²) in [5, 5.41) is 3.93.